The van der Waals surface area contributed by atoms with Crippen LogP contribution in [0, 0.1) is 0 Å². The Balaban J connectivity index is 1.94. The van der Waals surface area contributed by atoms with Crippen LogP contribution < -0.4 is 10.6 Å². The van der Waals surface area contributed by atoms with E-state index in [-0.39, 0.29) is 11.8 Å². The fourth-order valence-corrected chi connectivity index (χ4v) is 1.82. The standard InChI is InChI=1S/C13H16N2O2S/c1-8(12(16)15-9-6-7-9)14-13(17)10-4-2-3-5-11(10)18/h2-5,8-9,18H,6-7H2,1H3,(H,14,17)(H,15,16). The summed E-state index contributed by atoms with van der Waals surface area (Å²) in [5, 5.41) is 5.52. The van der Waals surface area contributed by atoms with Crippen LogP contribution in [0.1, 0.15) is 30.1 Å². The van der Waals surface area contributed by atoms with Crippen LogP contribution in [0.4, 0.5) is 0 Å². The average Bonchev–Trinajstić information content (AvgIpc) is 3.13. The van der Waals surface area contributed by atoms with E-state index in [4.69, 9.17) is 0 Å². The molecule has 1 aliphatic carbocycles. The molecule has 0 bridgehead atoms. The van der Waals surface area contributed by atoms with E-state index in [0.717, 1.165) is 12.8 Å². The first-order valence-corrected chi connectivity index (χ1v) is 6.42. The Morgan fingerprint density at radius 2 is 2.00 bits per heavy atom. The Hall–Kier alpha value is -1.49. The minimum Gasteiger partial charge on any atom is -0.352 e. The Morgan fingerprint density at radius 3 is 2.61 bits per heavy atom. The largest absolute Gasteiger partial charge is 0.352 e. The maximum absolute atomic E-state index is 11.9. The van der Waals surface area contributed by atoms with E-state index in [9.17, 15) is 9.59 Å². The van der Waals surface area contributed by atoms with Crippen LogP contribution in [0.5, 0.6) is 0 Å². The quantitative estimate of drug-likeness (QED) is 0.719. The Bertz CT molecular complexity index is 472. The molecule has 0 saturated heterocycles. The van der Waals surface area contributed by atoms with Crippen molar-refractivity contribution >= 4 is 24.4 Å². The molecular formula is C13H16N2O2S. The molecule has 18 heavy (non-hydrogen) atoms. The van der Waals surface area contributed by atoms with Crippen molar-refractivity contribution in [1.82, 2.24) is 10.6 Å². The van der Waals surface area contributed by atoms with E-state index in [1.807, 2.05) is 6.07 Å². The molecule has 1 saturated carbocycles. The molecule has 0 aliphatic heterocycles. The first-order valence-electron chi connectivity index (χ1n) is 5.97. The summed E-state index contributed by atoms with van der Waals surface area (Å²) in [7, 11) is 0. The first-order chi connectivity index (χ1) is 8.58. The number of carbonyl (C=O) groups excluding carboxylic acids is 2. The summed E-state index contributed by atoms with van der Waals surface area (Å²) >= 11 is 4.22. The van der Waals surface area contributed by atoms with Gasteiger partial charge in [0.1, 0.15) is 6.04 Å². The molecule has 1 aliphatic rings. The van der Waals surface area contributed by atoms with Gasteiger partial charge in [-0.2, -0.15) is 0 Å². The highest BCUT2D eigenvalue weighted by Gasteiger charge is 2.26. The van der Waals surface area contributed by atoms with E-state index in [1.165, 1.54) is 0 Å². The Kier molecular flexibility index (Phi) is 3.91. The highest BCUT2D eigenvalue weighted by molar-refractivity contribution is 7.80. The average molecular weight is 264 g/mol. The van der Waals surface area contributed by atoms with Gasteiger partial charge in [0.2, 0.25) is 5.91 Å². The number of hydrogen-bond donors (Lipinski definition) is 3. The van der Waals surface area contributed by atoms with Gasteiger partial charge in [0, 0.05) is 10.9 Å². The molecule has 96 valence electrons. The second-order valence-corrected chi connectivity index (χ2v) is 4.98. The van der Waals surface area contributed by atoms with Crippen LogP contribution in [-0.2, 0) is 4.79 Å². The zero-order valence-electron chi connectivity index (χ0n) is 10.1. The SMILES string of the molecule is CC(NC(=O)c1ccccc1S)C(=O)NC1CC1. The smallest absolute Gasteiger partial charge is 0.253 e. The van der Waals surface area contributed by atoms with Gasteiger partial charge in [-0.3, -0.25) is 9.59 Å². The summed E-state index contributed by atoms with van der Waals surface area (Å²) < 4.78 is 0. The van der Waals surface area contributed by atoms with E-state index in [1.54, 1.807) is 25.1 Å². The number of rotatable bonds is 4. The lowest BCUT2D eigenvalue weighted by Crippen LogP contribution is -2.45. The lowest BCUT2D eigenvalue weighted by atomic mass is 10.2. The lowest BCUT2D eigenvalue weighted by molar-refractivity contribution is -0.122. The Morgan fingerprint density at radius 1 is 1.33 bits per heavy atom. The molecular weight excluding hydrogens is 248 g/mol. The zero-order valence-corrected chi connectivity index (χ0v) is 11.0. The molecule has 1 unspecified atom stereocenters. The van der Waals surface area contributed by atoms with Crippen LogP contribution in [0.3, 0.4) is 0 Å². The topological polar surface area (TPSA) is 58.2 Å². The summed E-state index contributed by atoms with van der Waals surface area (Å²) in [6.45, 7) is 1.68. The van der Waals surface area contributed by atoms with Gasteiger partial charge in [-0.1, -0.05) is 12.1 Å². The highest BCUT2D eigenvalue weighted by atomic mass is 32.1. The minimum atomic E-state index is -0.536. The van der Waals surface area contributed by atoms with Crippen LogP contribution >= 0.6 is 12.6 Å². The fraction of sp³-hybridized carbons (Fsp3) is 0.385. The van der Waals surface area contributed by atoms with Crippen LogP contribution in [0.25, 0.3) is 0 Å². The molecule has 1 aromatic carbocycles. The van der Waals surface area contributed by atoms with Crippen molar-refractivity contribution in [2.24, 2.45) is 0 Å². The monoisotopic (exact) mass is 264 g/mol. The lowest BCUT2D eigenvalue weighted by Gasteiger charge is -2.14. The van der Waals surface area contributed by atoms with Gasteiger partial charge in [0.15, 0.2) is 0 Å². The molecule has 2 N–H and O–H groups in total. The molecule has 5 heteroatoms. The molecule has 0 radical (unpaired) electrons. The van der Waals surface area contributed by atoms with Crippen molar-refractivity contribution in [3.63, 3.8) is 0 Å². The van der Waals surface area contributed by atoms with E-state index in [2.05, 4.69) is 23.3 Å². The summed E-state index contributed by atoms with van der Waals surface area (Å²) in [6.07, 6.45) is 2.07. The van der Waals surface area contributed by atoms with Gasteiger partial charge >= 0.3 is 0 Å². The van der Waals surface area contributed by atoms with Crippen LogP contribution in [-0.4, -0.2) is 23.9 Å². The van der Waals surface area contributed by atoms with E-state index in [0.29, 0.717) is 16.5 Å². The number of thiol groups is 1. The second kappa shape index (κ2) is 5.44. The molecule has 2 rings (SSSR count). The van der Waals surface area contributed by atoms with Gasteiger partial charge in [-0.15, -0.1) is 12.6 Å². The molecule has 0 heterocycles. The summed E-state index contributed by atoms with van der Waals surface area (Å²) in [4.78, 5) is 24.2. The second-order valence-electron chi connectivity index (χ2n) is 4.50. The first kappa shape index (κ1) is 13.0. The third kappa shape index (κ3) is 3.26. The fourth-order valence-electron chi connectivity index (χ4n) is 1.56. The van der Waals surface area contributed by atoms with Crippen LogP contribution in [0.2, 0.25) is 0 Å². The summed E-state index contributed by atoms with van der Waals surface area (Å²) in [5.41, 5.74) is 0.479. The van der Waals surface area contributed by atoms with Crippen LogP contribution in [0.15, 0.2) is 29.2 Å². The van der Waals surface area contributed by atoms with E-state index >= 15 is 0 Å². The summed E-state index contributed by atoms with van der Waals surface area (Å²) in [5.74, 6) is -0.415. The molecule has 0 spiro atoms. The van der Waals surface area contributed by atoms with Crippen molar-refractivity contribution in [1.29, 1.82) is 0 Å². The minimum absolute atomic E-state index is 0.137. The predicted molar refractivity (Wildman–Crippen MR) is 71.8 cm³/mol. The van der Waals surface area contributed by atoms with Gasteiger partial charge in [0.05, 0.1) is 5.56 Å². The molecule has 2 amide bonds. The number of carbonyl (C=O) groups is 2. The van der Waals surface area contributed by atoms with Crippen molar-refractivity contribution in [3.05, 3.63) is 29.8 Å². The summed E-state index contributed by atoms with van der Waals surface area (Å²) in [6, 6.07) is 6.77. The van der Waals surface area contributed by atoms with Gasteiger partial charge in [0.25, 0.3) is 5.91 Å². The molecule has 0 aromatic heterocycles. The molecule has 1 atom stereocenters. The normalized spacial score (nSPS) is 15.9. The van der Waals surface area contributed by atoms with Gasteiger partial charge < -0.3 is 10.6 Å². The third-order valence-corrected chi connectivity index (χ3v) is 3.20. The Labute approximate surface area is 112 Å². The van der Waals surface area contributed by atoms with Gasteiger partial charge in [-0.25, -0.2) is 0 Å². The highest BCUT2D eigenvalue weighted by Crippen LogP contribution is 2.18. The van der Waals surface area contributed by atoms with Crippen molar-refractivity contribution < 1.29 is 9.59 Å². The number of hydrogen-bond acceptors (Lipinski definition) is 3. The zero-order chi connectivity index (χ0) is 13.1. The van der Waals surface area contributed by atoms with Crippen molar-refractivity contribution in [2.75, 3.05) is 0 Å². The molecule has 1 aromatic rings. The molecule has 1 fully saturated rings. The third-order valence-electron chi connectivity index (χ3n) is 2.81. The number of amides is 2. The van der Waals surface area contributed by atoms with Gasteiger partial charge in [-0.05, 0) is 31.9 Å². The predicted octanol–water partition coefficient (Wildman–Crippen LogP) is 1.37. The number of benzene rings is 1. The maximum atomic E-state index is 11.9. The van der Waals surface area contributed by atoms with E-state index < -0.39 is 6.04 Å². The molecule has 4 nitrogen and oxygen atoms in total. The van der Waals surface area contributed by atoms with Crippen molar-refractivity contribution in [2.45, 2.75) is 36.7 Å². The maximum Gasteiger partial charge on any atom is 0.253 e. The number of nitrogens with one attached hydrogen (secondary N) is 2. The van der Waals surface area contributed by atoms with Crippen molar-refractivity contribution in [3.8, 4) is 0 Å².